The Morgan fingerprint density at radius 3 is 3.00 bits per heavy atom. The molecular formula is C13H17BrFNO. The van der Waals surface area contributed by atoms with E-state index in [-0.39, 0.29) is 12.4 Å². The van der Waals surface area contributed by atoms with Gasteiger partial charge in [-0.15, -0.1) is 0 Å². The molecule has 0 bridgehead atoms. The zero-order valence-electron chi connectivity index (χ0n) is 9.70. The largest absolute Gasteiger partial charge is 0.396 e. The molecule has 1 aliphatic heterocycles. The predicted molar refractivity (Wildman–Crippen MR) is 69.2 cm³/mol. The minimum atomic E-state index is -0.215. The Morgan fingerprint density at radius 1 is 1.47 bits per heavy atom. The molecule has 1 aromatic carbocycles. The van der Waals surface area contributed by atoms with Gasteiger partial charge in [-0.3, -0.25) is 4.90 Å². The number of aliphatic hydroxyl groups excluding tert-OH is 1. The van der Waals surface area contributed by atoms with Crippen LogP contribution in [0.5, 0.6) is 0 Å². The Bertz CT molecular complexity index is 386. The number of aliphatic hydroxyl groups is 1. The second-order valence-corrected chi connectivity index (χ2v) is 5.50. The summed E-state index contributed by atoms with van der Waals surface area (Å²) in [6, 6.07) is 5.18. The molecule has 1 heterocycles. The second kappa shape index (κ2) is 5.94. The zero-order valence-corrected chi connectivity index (χ0v) is 11.3. The summed E-state index contributed by atoms with van der Waals surface area (Å²) < 4.78 is 13.6. The van der Waals surface area contributed by atoms with Crippen LogP contribution < -0.4 is 0 Å². The predicted octanol–water partition coefficient (Wildman–Crippen LogP) is 2.79. The standard InChI is InChI=1S/C13H17BrFNO/c14-12-7-11(1-2-13(12)15)9-16-5-3-10(8-16)4-6-17/h1-2,7,10,17H,3-6,8-9H2. The van der Waals surface area contributed by atoms with Crippen molar-refractivity contribution in [3.63, 3.8) is 0 Å². The first kappa shape index (κ1) is 13.0. The molecular weight excluding hydrogens is 285 g/mol. The molecule has 0 aromatic heterocycles. The third kappa shape index (κ3) is 3.50. The van der Waals surface area contributed by atoms with E-state index in [1.54, 1.807) is 0 Å². The number of hydrogen-bond donors (Lipinski definition) is 1. The van der Waals surface area contributed by atoms with Crippen LogP contribution in [0.4, 0.5) is 4.39 Å². The monoisotopic (exact) mass is 301 g/mol. The lowest BCUT2D eigenvalue weighted by atomic mass is 10.1. The number of rotatable bonds is 4. The van der Waals surface area contributed by atoms with Gasteiger partial charge in [0.25, 0.3) is 0 Å². The van der Waals surface area contributed by atoms with Crippen LogP contribution in [-0.4, -0.2) is 29.7 Å². The number of hydrogen-bond acceptors (Lipinski definition) is 2. The van der Waals surface area contributed by atoms with Crippen LogP contribution in [0, 0.1) is 11.7 Å². The van der Waals surface area contributed by atoms with Crippen molar-refractivity contribution in [3.05, 3.63) is 34.1 Å². The van der Waals surface area contributed by atoms with Gasteiger partial charge < -0.3 is 5.11 Å². The van der Waals surface area contributed by atoms with Crippen molar-refractivity contribution >= 4 is 15.9 Å². The third-order valence-corrected chi connectivity index (χ3v) is 3.91. The van der Waals surface area contributed by atoms with Crippen LogP contribution in [0.25, 0.3) is 0 Å². The molecule has 17 heavy (non-hydrogen) atoms. The fourth-order valence-corrected chi connectivity index (χ4v) is 2.80. The second-order valence-electron chi connectivity index (χ2n) is 4.65. The van der Waals surface area contributed by atoms with E-state index in [1.807, 2.05) is 12.1 Å². The molecule has 0 spiro atoms. The average molecular weight is 302 g/mol. The molecule has 0 saturated carbocycles. The molecule has 2 nitrogen and oxygen atoms in total. The molecule has 1 atom stereocenters. The first-order valence-corrected chi connectivity index (χ1v) is 6.75. The molecule has 94 valence electrons. The molecule has 1 aromatic rings. The molecule has 1 aliphatic rings. The maximum Gasteiger partial charge on any atom is 0.137 e. The molecule has 4 heteroatoms. The Morgan fingerprint density at radius 2 is 2.29 bits per heavy atom. The summed E-state index contributed by atoms with van der Waals surface area (Å²) in [6.07, 6.45) is 2.05. The maximum absolute atomic E-state index is 13.1. The number of nitrogens with zero attached hydrogens (tertiary/aromatic N) is 1. The van der Waals surface area contributed by atoms with Crippen LogP contribution in [0.3, 0.4) is 0 Å². The topological polar surface area (TPSA) is 23.5 Å². The highest BCUT2D eigenvalue weighted by atomic mass is 79.9. The van der Waals surface area contributed by atoms with Gasteiger partial charge in [-0.1, -0.05) is 6.07 Å². The smallest absolute Gasteiger partial charge is 0.137 e. The third-order valence-electron chi connectivity index (χ3n) is 3.30. The van der Waals surface area contributed by atoms with Gasteiger partial charge in [0.05, 0.1) is 4.47 Å². The summed E-state index contributed by atoms with van der Waals surface area (Å²) >= 11 is 3.21. The molecule has 0 aliphatic carbocycles. The summed E-state index contributed by atoms with van der Waals surface area (Å²) in [6.45, 7) is 3.25. The number of likely N-dealkylation sites (tertiary alicyclic amines) is 1. The van der Waals surface area contributed by atoms with E-state index in [4.69, 9.17) is 5.11 Å². The minimum Gasteiger partial charge on any atom is -0.396 e. The summed E-state index contributed by atoms with van der Waals surface area (Å²) in [7, 11) is 0. The zero-order chi connectivity index (χ0) is 12.3. The lowest BCUT2D eigenvalue weighted by Gasteiger charge is -2.16. The molecule has 1 N–H and O–H groups in total. The molecule has 1 saturated heterocycles. The highest BCUT2D eigenvalue weighted by molar-refractivity contribution is 9.10. The minimum absolute atomic E-state index is 0.215. The number of halogens is 2. The van der Waals surface area contributed by atoms with Crippen molar-refractivity contribution < 1.29 is 9.50 Å². The van der Waals surface area contributed by atoms with Crippen molar-refractivity contribution in [3.8, 4) is 0 Å². The van der Waals surface area contributed by atoms with Gasteiger partial charge in [0.15, 0.2) is 0 Å². The van der Waals surface area contributed by atoms with Gasteiger partial charge in [0, 0.05) is 19.7 Å². The summed E-state index contributed by atoms with van der Waals surface area (Å²) in [5.74, 6) is 0.400. The first-order chi connectivity index (χ1) is 8.19. The van der Waals surface area contributed by atoms with Gasteiger partial charge in [-0.25, -0.2) is 4.39 Å². The summed E-state index contributed by atoms with van der Waals surface area (Å²) in [4.78, 5) is 2.36. The maximum atomic E-state index is 13.1. The molecule has 1 fully saturated rings. The van der Waals surface area contributed by atoms with E-state index in [9.17, 15) is 4.39 Å². The van der Waals surface area contributed by atoms with Crippen LogP contribution in [0.1, 0.15) is 18.4 Å². The van der Waals surface area contributed by atoms with E-state index in [0.717, 1.165) is 38.0 Å². The molecule has 0 amide bonds. The SMILES string of the molecule is OCCC1CCN(Cc2ccc(F)c(Br)c2)C1. The van der Waals surface area contributed by atoms with Gasteiger partial charge >= 0.3 is 0 Å². The fourth-order valence-electron chi connectivity index (χ4n) is 2.37. The Kier molecular flexibility index (Phi) is 4.54. The Balaban J connectivity index is 1.91. The summed E-state index contributed by atoms with van der Waals surface area (Å²) in [5.41, 5.74) is 1.13. The molecule has 2 rings (SSSR count). The lowest BCUT2D eigenvalue weighted by Crippen LogP contribution is -2.20. The van der Waals surface area contributed by atoms with Crippen LogP contribution in [0.15, 0.2) is 22.7 Å². The highest BCUT2D eigenvalue weighted by Gasteiger charge is 2.21. The average Bonchev–Trinajstić information content (AvgIpc) is 2.72. The first-order valence-electron chi connectivity index (χ1n) is 5.96. The van der Waals surface area contributed by atoms with Crippen molar-refractivity contribution in [1.82, 2.24) is 4.90 Å². The molecule has 0 radical (unpaired) electrons. The van der Waals surface area contributed by atoms with Crippen LogP contribution >= 0.6 is 15.9 Å². The normalized spacial score (nSPS) is 21.0. The summed E-state index contributed by atoms with van der Waals surface area (Å²) in [5, 5.41) is 8.90. The van der Waals surface area contributed by atoms with Crippen LogP contribution in [0.2, 0.25) is 0 Å². The van der Waals surface area contributed by atoms with E-state index in [1.165, 1.54) is 6.07 Å². The quantitative estimate of drug-likeness (QED) is 0.924. The van der Waals surface area contributed by atoms with E-state index < -0.39 is 0 Å². The lowest BCUT2D eigenvalue weighted by molar-refractivity contribution is 0.249. The van der Waals surface area contributed by atoms with Crippen LogP contribution in [-0.2, 0) is 6.54 Å². The number of benzene rings is 1. The van der Waals surface area contributed by atoms with Gasteiger partial charge in [-0.05, 0) is 58.9 Å². The molecule has 1 unspecified atom stereocenters. The fraction of sp³-hybridized carbons (Fsp3) is 0.538. The van der Waals surface area contributed by atoms with Crippen molar-refractivity contribution in [2.45, 2.75) is 19.4 Å². The highest BCUT2D eigenvalue weighted by Crippen LogP contribution is 2.23. The van der Waals surface area contributed by atoms with Crippen molar-refractivity contribution in [1.29, 1.82) is 0 Å². The van der Waals surface area contributed by atoms with Gasteiger partial charge in [0.2, 0.25) is 0 Å². The van der Waals surface area contributed by atoms with Crippen molar-refractivity contribution in [2.75, 3.05) is 19.7 Å². The Hall–Kier alpha value is -0.450. The van der Waals surface area contributed by atoms with E-state index >= 15 is 0 Å². The van der Waals surface area contributed by atoms with E-state index in [2.05, 4.69) is 20.8 Å². The van der Waals surface area contributed by atoms with Gasteiger partial charge in [-0.2, -0.15) is 0 Å². The van der Waals surface area contributed by atoms with E-state index in [0.29, 0.717) is 10.4 Å². The van der Waals surface area contributed by atoms with Gasteiger partial charge in [0.1, 0.15) is 5.82 Å². The Labute approximate surface area is 110 Å². The van der Waals surface area contributed by atoms with Crippen molar-refractivity contribution in [2.24, 2.45) is 5.92 Å².